The molecule has 1 heterocycles. The van der Waals surface area contributed by atoms with Crippen LogP contribution in [0.2, 0.25) is 0 Å². The van der Waals surface area contributed by atoms with Crippen LogP contribution < -0.4 is 4.90 Å². The van der Waals surface area contributed by atoms with Gasteiger partial charge in [0.1, 0.15) is 0 Å². The lowest BCUT2D eigenvalue weighted by Crippen LogP contribution is -2.25. The second-order valence-corrected chi connectivity index (χ2v) is 5.64. The molecule has 0 radical (unpaired) electrons. The molecule has 0 bridgehead atoms. The summed E-state index contributed by atoms with van der Waals surface area (Å²) in [4.78, 5) is 14.9. The summed E-state index contributed by atoms with van der Waals surface area (Å²) in [6.45, 7) is 0. The minimum Gasteiger partial charge on any atom is -0.277 e. The zero-order valence-corrected chi connectivity index (χ0v) is 13.4. The highest BCUT2D eigenvalue weighted by Gasteiger charge is 2.19. The summed E-state index contributed by atoms with van der Waals surface area (Å²) in [5, 5.41) is 9.76. The van der Waals surface area contributed by atoms with E-state index in [0.717, 1.165) is 22.1 Å². The molecule has 0 aliphatic rings. The number of carbonyl (C=O) groups excluding carboxylic acids is 1. The molecule has 0 fully saturated rings. The minimum absolute atomic E-state index is 0.0758. The van der Waals surface area contributed by atoms with E-state index in [1.165, 1.54) is 0 Å². The van der Waals surface area contributed by atoms with Gasteiger partial charge in [-0.3, -0.25) is 9.69 Å². The van der Waals surface area contributed by atoms with Crippen molar-refractivity contribution >= 4 is 28.1 Å². The minimum atomic E-state index is -0.0758. The Balaban J connectivity index is 1.86. The highest BCUT2D eigenvalue weighted by molar-refractivity contribution is 6.11. The smallest absolute Gasteiger partial charge is 0.262 e. The zero-order chi connectivity index (χ0) is 17.1. The van der Waals surface area contributed by atoms with Gasteiger partial charge >= 0.3 is 0 Å². The second-order valence-electron chi connectivity index (χ2n) is 5.64. The van der Waals surface area contributed by atoms with E-state index in [1.54, 1.807) is 17.3 Å². The van der Waals surface area contributed by atoms with Crippen molar-refractivity contribution in [1.82, 2.24) is 10.2 Å². The molecule has 4 rings (SSSR count). The first-order chi connectivity index (χ1) is 12.3. The molecule has 0 N–H and O–H groups in total. The van der Waals surface area contributed by atoms with Crippen LogP contribution in [0.3, 0.4) is 0 Å². The normalized spacial score (nSPS) is 10.6. The van der Waals surface area contributed by atoms with Gasteiger partial charge in [0.15, 0.2) is 0 Å². The standard InChI is InChI=1S/C21H15N3O/c25-21(16-7-3-1-4-8-16)24(19-9-5-2-6-10-19)20-12-11-17-14-22-23-15-18(17)13-20/h1-15H. The first-order valence-corrected chi connectivity index (χ1v) is 7.98. The maximum atomic E-state index is 13.2. The Hall–Kier alpha value is -3.53. The SMILES string of the molecule is O=C(c1ccccc1)N(c1ccccc1)c1ccc2cnncc2c1. The first kappa shape index (κ1) is 15.0. The van der Waals surface area contributed by atoms with Gasteiger partial charge in [-0.2, -0.15) is 10.2 Å². The van der Waals surface area contributed by atoms with Crippen LogP contribution in [0.5, 0.6) is 0 Å². The van der Waals surface area contributed by atoms with Crippen LogP contribution in [0, 0.1) is 0 Å². The van der Waals surface area contributed by atoms with Gasteiger partial charge in [-0.1, -0.05) is 42.5 Å². The van der Waals surface area contributed by atoms with Gasteiger partial charge in [0.25, 0.3) is 5.91 Å². The molecule has 4 aromatic rings. The highest BCUT2D eigenvalue weighted by atomic mass is 16.2. The second kappa shape index (κ2) is 6.53. The number of hydrogen-bond acceptors (Lipinski definition) is 3. The number of carbonyl (C=O) groups is 1. The van der Waals surface area contributed by atoms with Crippen LogP contribution in [0.25, 0.3) is 10.8 Å². The Labute approximate surface area is 145 Å². The number of aromatic nitrogens is 2. The van der Waals surface area contributed by atoms with Gasteiger partial charge in [-0.25, -0.2) is 0 Å². The molecule has 0 unspecified atom stereocenters. The van der Waals surface area contributed by atoms with E-state index in [2.05, 4.69) is 10.2 Å². The Bertz CT molecular complexity index is 1020. The van der Waals surface area contributed by atoms with Crippen molar-refractivity contribution in [1.29, 1.82) is 0 Å². The average molecular weight is 325 g/mol. The van der Waals surface area contributed by atoms with Gasteiger partial charge in [-0.15, -0.1) is 0 Å². The maximum Gasteiger partial charge on any atom is 0.262 e. The Morgan fingerprint density at radius 1 is 0.680 bits per heavy atom. The summed E-state index contributed by atoms with van der Waals surface area (Å²) in [6.07, 6.45) is 3.42. The molecule has 0 saturated carbocycles. The molecule has 4 nitrogen and oxygen atoms in total. The number of benzene rings is 3. The molecule has 25 heavy (non-hydrogen) atoms. The van der Waals surface area contributed by atoms with Crippen LogP contribution in [0.1, 0.15) is 10.4 Å². The van der Waals surface area contributed by atoms with Crippen LogP contribution in [0.4, 0.5) is 11.4 Å². The zero-order valence-electron chi connectivity index (χ0n) is 13.4. The van der Waals surface area contributed by atoms with Crippen LogP contribution in [0.15, 0.2) is 91.3 Å². The van der Waals surface area contributed by atoms with Crippen molar-refractivity contribution in [3.8, 4) is 0 Å². The van der Waals surface area contributed by atoms with E-state index in [9.17, 15) is 4.79 Å². The van der Waals surface area contributed by atoms with E-state index in [4.69, 9.17) is 0 Å². The van der Waals surface area contributed by atoms with Crippen molar-refractivity contribution < 1.29 is 4.79 Å². The van der Waals surface area contributed by atoms with Crippen molar-refractivity contribution in [2.24, 2.45) is 0 Å². The fourth-order valence-corrected chi connectivity index (χ4v) is 2.79. The fraction of sp³-hybridized carbons (Fsp3) is 0. The average Bonchev–Trinajstić information content (AvgIpc) is 2.69. The lowest BCUT2D eigenvalue weighted by Gasteiger charge is -2.23. The monoisotopic (exact) mass is 325 g/mol. The van der Waals surface area contributed by atoms with E-state index >= 15 is 0 Å². The summed E-state index contributed by atoms with van der Waals surface area (Å²) >= 11 is 0. The topological polar surface area (TPSA) is 46.1 Å². The van der Waals surface area contributed by atoms with Gasteiger partial charge < -0.3 is 0 Å². The number of rotatable bonds is 3. The van der Waals surface area contributed by atoms with Crippen molar-refractivity contribution in [3.05, 3.63) is 96.8 Å². The predicted octanol–water partition coefficient (Wildman–Crippen LogP) is 4.61. The summed E-state index contributed by atoms with van der Waals surface area (Å²) < 4.78 is 0. The molecule has 3 aromatic carbocycles. The number of anilines is 2. The van der Waals surface area contributed by atoms with E-state index in [-0.39, 0.29) is 5.91 Å². The molecule has 0 aliphatic heterocycles. The predicted molar refractivity (Wildman–Crippen MR) is 98.9 cm³/mol. The van der Waals surface area contributed by atoms with Gasteiger partial charge in [0.05, 0.1) is 12.4 Å². The molecule has 1 amide bonds. The quantitative estimate of drug-likeness (QED) is 0.552. The molecule has 1 aromatic heterocycles. The molecule has 0 spiro atoms. The largest absolute Gasteiger partial charge is 0.277 e. The van der Waals surface area contributed by atoms with Gasteiger partial charge in [0.2, 0.25) is 0 Å². The number of fused-ring (bicyclic) bond motifs is 1. The third-order valence-electron chi connectivity index (χ3n) is 4.03. The van der Waals surface area contributed by atoms with Gasteiger partial charge in [0, 0.05) is 27.7 Å². The molecule has 120 valence electrons. The van der Waals surface area contributed by atoms with Crippen molar-refractivity contribution in [3.63, 3.8) is 0 Å². The Morgan fingerprint density at radius 3 is 2.04 bits per heavy atom. The molecular weight excluding hydrogens is 310 g/mol. The van der Waals surface area contributed by atoms with E-state index in [0.29, 0.717) is 5.56 Å². The van der Waals surface area contributed by atoms with Crippen molar-refractivity contribution in [2.75, 3.05) is 4.90 Å². The fourth-order valence-electron chi connectivity index (χ4n) is 2.79. The van der Waals surface area contributed by atoms with Crippen LogP contribution in [-0.2, 0) is 0 Å². The number of amides is 1. The summed E-state index contributed by atoms with van der Waals surface area (Å²) in [7, 11) is 0. The number of nitrogens with zero attached hydrogens (tertiary/aromatic N) is 3. The molecule has 0 saturated heterocycles. The third kappa shape index (κ3) is 2.97. The van der Waals surface area contributed by atoms with Crippen LogP contribution in [-0.4, -0.2) is 16.1 Å². The number of hydrogen-bond donors (Lipinski definition) is 0. The first-order valence-electron chi connectivity index (χ1n) is 7.98. The van der Waals surface area contributed by atoms with Crippen LogP contribution >= 0.6 is 0 Å². The Kier molecular flexibility index (Phi) is 3.92. The summed E-state index contributed by atoms with van der Waals surface area (Å²) in [5.41, 5.74) is 2.25. The van der Waals surface area contributed by atoms with E-state index < -0.39 is 0 Å². The Morgan fingerprint density at radius 2 is 1.32 bits per heavy atom. The summed E-state index contributed by atoms with van der Waals surface area (Å²) in [5.74, 6) is -0.0758. The molecular formula is C21H15N3O. The number of para-hydroxylation sites is 1. The molecule has 0 atom stereocenters. The van der Waals surface area contributed by atoms with E-state index in [1.807, 2.05) is 78.9 Å². The molecule has 0 aliphatic carbocycles. The maximum absolute atomic E-state index is 13.2. The van der Waals surface area contributed by atoms with Crippen molar-refractivity contribution in [2.45, 2.75) is 0 Å². The summed E-state index contributed by atoms with van der Waals surface area (Å²) in [6, 6.07) is 24.8. The highest BCUT2D eigenvalue weighted by Crippen LogP contribution is 2.29. The lowest BCUT2D eigenvalue weighted by molar-refractivity contribution is 0.0999. The molecule has 4 heteroatoms. The van der Waals surface area contributed by atoms with Gasteiger partial charge in [-0.05, 0) is 36.4 Å². The third-order valence-corrected chi connectivity index (χ3v) is 4.03. The lowest BCUT2D eigenvalue weighted by atomic mass is 10.1.